The van der Waals surface area contributed by atoms with Crippen molar-refractivity contribution < 1.29 is 14.3 Å². The SMILES string of the molecule is C[C@@H]1OC=C[C@@H](CC=O)[C@@H]1C=O. The zero-order valence-corrected chi connectivity index (χ0v) is 6.97. The first-order valence-corrected chi connectivity index (χ1v) is 4.00. The van der Waals surface area contributed by atoms with E-state index in [1.165, 1.54) is 0 Å². The molecule has 1 rings (SSSR count). The summed E-state index contributed by atoms with van der Waals surface area (Å²) in [6.45, 7) is 1.83. The van der Waals surface area contributed by atoms with Crippen LogP contribution in [0.15, 0.2) is 12.3 Å². The second kappa shape index (κ2) is 4.04. The zero-order chi connectivity index (χ0) is 8.97. The van der Waals surface area contributed by atoms with Crippen LogP contribution in [0.1, 0.15) is 13.3 Å². The molecule has 3 heteroatoms. The average Bonchev–Trinajstić information content (AvgIpc) is 2.05. The Morgan fingerprint density at radius 3 is 2.83 bits per heavy atom. The van der Waals surface area contributed by atoms with Crippen molar-refractivity contribution in [3.8, 4) is 0 Å². The minimum Gasteiger partial charge on any atom is -0.498 e. The van der Waals surface area contributed by atoms with Gasteiger partial charge in [0.25, 0.3) is 0 Å². The fourth-order valence-corrected chi connectivity index (χ4v) is 1.40. The summed E-state index contributed by atoms with van der Waals surface area (Å²) in [5, 5.41) is 0. The maximum Gasteiger partial charge on any atom is 0.127 e. The molecule has 1 aliphatic heterocycles. The van der Waals surface area contributed by atoms with Crippen LogP contribution in [-0.4, -0.2) is 18.7 Å². The molecule has 3 atom stereocenters. The molecule has 0 saturated heterocycles. The molecule has 0 bridgehead atoms. The molecule has 0 unspecified atom stereocenters. The number of carbonyl (C=O) groups excluding carboxylic acids is 2. The molecule has 0 saturated carbocycles. The Morgan fingerprint density at radius 2 is 2.25 bits per heavy atom. The van der Waals surface area contributed by atoms with Gasteiger partial charge >= 0.3 is 0 Å². The largest absolute Gasteiger partial charge is 0.498 e. The van der Waals surface area contributed by atoms with Crippen molar-refractivity contribution in [2.24, 2.45) is 11.8 Å². The molecule has 66 valence electrons. The number of carbonyl (C=O) groups is 2. The lowest BCUT2D eigenvalue weighted by molar-refractivity contribution is -0.117. The Labute approximate surface area is 71.4 Å². The molecule has 0 aromatic heterocycles. The molecule has 0 fully saturated rings. The number of aldehydes is 2. The molecule has 0 spiro atoms. The smallest absolute Gasteiger partial charge is 0.127 e. The molecule has 0 amide bonds. The summed E-state index contributed by atoms with van der Waals surface area (Å²) < 4.78 is 5.13. The summed E-state index contributed by atoms with van der Waals surface area (Å²) in [5.74, 6) is -0.163. The first kappa shape index (κ1) is 8.97. The molecule has 0 aromatic rings. The topological polar surface area (TPSA) is 43.4 Å². The van der Waals surface area contributed by atoms with Crippen molar-refractivity contribution in [2.75, 3.05) is 0 Å². The first-order valence-electron chi connectivity index (χ1n) is 4.00. The van der Waals surface area contributed by atoms with E-state index in [0.29, 0.717) is 6.42 Å². The van der Waals surface area contributed by atoms with E-state index in [1.54, 1.807) is 12.3 Å². The third-order valence-electron chi connectivity index (χ3n) is 2.18. The predicted molar refractivity (Wildman–Crippen MR) is 43.4 cm³/mol. The van der Waals surface area contributed by atoms with Crippen molar-refractivity contribution in [2.45, 2.75) is 19.4 Å². The van der Waals surface area contributed by atoms with Crippen LogP contribution in [-0.2, 0) is 14.3 Å². The van der Waals surface area contributed by atoms with Crippen LogP contribution in [0.25, 0.3) is 0 Å². The Balaban J connectivity index is 2.68. The average molecular weight is 168 g/mol. The Morgan fingerprint density at radius 1 is 1.50 bits per heavy atom. The van der Waals surface area contributed by atoms with Crippen molar-refractivity contribution in [3.63, 3.8) is 0 Å². The fourth-order valence-electron chi connectivity index (χ4n) is 1.40. The number of allylic oxidation sites excluding steroid dienone is 1. The summed E-state index contributed by atoms with van der Waals surface area (Å²) >= 11 is 0. The summed E-state index contributed by atoms with van der Waals surface area (Å²) in [7, 11) is 0. The molecule has 0 aliphatic carbocycles. The highest BCUT2D eigenvalue weighted by Gasteiger charge is 2.28. The van der Waals surface area contributed by atoms with E-state index in [9.17, 15) is 9.59 Å². The van der Waals surface area contributed by atoms with Crippen molar-refractivity contribution in [3.05, 3.63) is 12.3 Å². The van der Waals surface area contributed by atoms with Gasteiger partial charge in [0.2, 0.25) is 0 Å². The minimum absolute atomic E-state index is 0.0174. The second-order valence-corrected chi connectivity index (χ2v) is 2.95. The van der Waals surface area contributed by atoms with Crippen LogP contribution in [0, 0.1) is 11.8 Å². The molecule has 12 heavy (non-hydrogen) atoms. The third-order valence-corrected chi connectivity index (χ3v) is 2.18. The van der Waals surface area contributed by atoms with Gasteiger partial charge in [-0.1, -0.05) is 0 Å². The van der Waals surface area contributed by atoms with Gasteiger partial charge in [-0.25, -0.2) is 0 Å². The van der Waals surface area contributed by atoms with Gasteiger partial charge in [-0.05, 0) is 18.9 Å². The predicted octanol–water partition coefficient (Wildman–Crippen LogP) is 0.939. The van der Waals surface area contributed by atoms with Crippen LogP contribution in [0.2, 0.25) is 0 Å². The summed E-state index contributed by atoms with van der Waals surface area (Å²) in [4.78, 5) is 20.9. The minimum atomic E-state index is -0.180. The van der Waals surface area contributed by atoms with Crippen LogP contribution >= 0.6 is 0 Å². The van der Waals surface area contributed by atoms with Crippen LogP contribution in [0.5, 0.6) is 0 Å². The van der Waals surface area contributed by atoms with Gasteiger partial charge < -0.3 is 14.3 Å². The molecule has 3 nitrogen and oxygen atoms in total. The zero-order valence-electron chi connectivity index (χ0n) is 6.97. The van der Waals surface area contributed by atoms with Crippen molar-refractivity contribution in [1.82, 2.24) is 0 Å². The van der Waals surface area contributed by atoms with Gasteiger partial charge in [-0.2, -0.15) is 0 Å². The summed E-state index contributed by atoms with van der Waals surface area (Å²) in [6.07, 6.45) is 5.32. The summed E-state index contributed by atoms with van der Waals surface area (Å²) in [5.41, 5.74) is 0. The molecular weight excluding hydrogens is 156 g/mol. The standard InChI is InChI=1S/C9H12O3/c1-7-9(6-11)8(2-4-10)3-5-12-7/h3-9H,2H2,1H3/t7-,8+,9+/m0/s1. The number of hydrogen-bond donors (Lipinski definition) is 0. The summed E-state index contributed by atoms with van der Waals surface area (Å²) in [6, 6.07) is 0. The van der Waals surface area contributed by atoms with Gasteiger partial charge in [0.15, 0.2) is 0 Å². The van der Waals surface area contributed by atoms with Gasteiger partial charge in [0, 0.05) is 6.42 Å². The van der Waals surface area contributed by atoms with Gasteiger partial charge in [-0.3, -0.25) is 0 Å². The van der Waals surface area contributed by atoms with Crippen molar-refractivity contribution >= 4 is 12.6 Å². The Hall–Kier alpha value is -1.12. The van der Waals surface area contributed by atoms with Crippen LogP contribution < -0.4 is 0 Å². The quantitative estimate of drug-likeness (QED) is 0.589. The van der Waals surface area contributed by atoms with Gasteiger partial charge in [0.05, 0.1) is 12.2 Å². The first-order chi connectivity index (χ1) is 5.79. The lowest BCUT2D eigenvalue weighted by atomic mass is 9.86. The molecule has 0 aromatic carbocycles. The molecule has 0 N–H and O–H groups in total. The molecule has 1 aliphatic rings. The van der Waals surface area contributed by atoms with E-state index in [-0.39, 0.29) is 17.9 Å². The fraction of sp³-hybridized carbons (Fsp3) is 0.556. The molecule has 1 heterocycles. The van der Waals surface area contributed by atoms with E-state index < -0.39 is 0 Å². The van der Waals surface area contributed by atoms with E-state index in [0.717, 1.165) is 12.6 Å². The molecule has 0 radical (unpaired) electrons. The van der Waals surface area contributed by atoms with E-state index in [2.05, 4.69) is 0 Å². The van der Waals surface area contributed by atoms with Gasteiger partial charge in [0.1, 0.15) is 18.7 Å². The highest BCUT2D eigenvalue weighted by molar-refractivity contribution is 5.59. The highest BCUT2D eigenvalue weighted by atomic mass is 16.5. The highest BCUT2D eigenvalue weighted by Crippen LogP contribution is 2.24. The normalized spacial score (nSPS) is 33.9. The van der Waals surface area contributed by atoms with Gasteiger partial charge in [-0.15, -0.1) is 0 Å². The van der Waals surface area contributed by atoms with E-state index in [4.69, 9.17) is 4.74 Å². The Kier molecular flexibility index (Phi) is 3.02. The van der Waals surface area contributed by atoms with E-state index in [1.807, 2.05) is 6.92 Å². The third kappa shape index (κ3) is 1.72. The number of hydrogen-bond acceptors (Lipinski definition) is 3. The lowest BCUT2D eigenvalue weighted by Gasteiger charge is -2.27. The van der Waals surface area contributed by atoms with Crippen LogP contribution in [0.3, 0.4) is 0 Å². The maximum absolute atomic E-state index is 10.6. The van der Waals surface area contributed by atoms with Crippen molar-refractivity contribution in [1.29, 1.82) is 0 Å². The lowest BCUT2D eigenvalue weighted by Crippen LogP contribution is -2.30. The van der Waals surface area contributed by atoms with E-state index >= 15 is 0 Å². The maximum atomic E-state index is 10.6. The van der Waals surface area contributed by atoms with Crippen LogP contribution in [0.4, 0.5) is 0 Å². The monoisotopic (exact) mass is 168 g/mol. The number of rotatable bonds is 3. The molecular formula is C9H12O3. The Bertz CT molecular complexity index is 198. The second-order valence-electron chi connectivity index (χ2n) is 2.95. The number of ether oxygens (including phenoxy) is 1.